The van der Waals surface area contributed by atoms with E-state index in [9.17, 15) is 9.59 Å². The Morgan fingerprint density at radius 1 is 1.22 bits per heavy atom. The molecule has 0 saturated carbocycles. The topological polar surface area (TPSA) is 64.4 Å². The van der Waals surface area contributed by atoms with E-state index in [0.717, 1.165) is 35.5 Å². The summed E-state index contributed by atoms with van der Waals surface area (Å²) in [4.78, 5) is 26.7. The van der Waals surface area contributed by atoms with E-state index in [-0.39, 0.29) is 17.8 Å². The molecule has 3 rings (SSSR count). The molecular formula is C21H27N3O3. The van der Waals surface area contributed by atoms with Crippen LogP contribution in [0.1, 0.15) is 36.7 Å². The molecule has 2 heterocycles. The number of aryl methyl sites for hydroxylation is 1. The standard InChI is InChI=1S/C21H27N3O3/c1-4-27-21(26)17-9-8-12-23(14-17)20(25)13-19-15(2)22-24(16(19)3)18-10-6-5-7-11-18/h5-7,10-11,17H,4,8-9,12-14H2,1-3H3. The molecule has 1 atom stereocenters. The van der Waals surface area contributed by atoms with E-state index >= 15 is 0 Å². The third kappa shape index (κ3) is 4.21. The van der Waals surface area contributed by atoms with E-state index in [1.807, 2.05) is 48.9 Å². The van der Waals surface area contributed by atoms with Crippen LogP contribution in [-0.2, 0) is 20.7 Å². The molecule has 0 bridgehead atoms. The second-order valence-electron chi connectivity index (χ2n) is 7.00. The maximum atomic E-state index is 12.9. The van der Waals surface area contributed by atoms with Crippen LogP contribution in [0.3, 0.4) is 0 Å². The Kier molecular flexibility index (Phi) is 5.94. The number of piperidine rings is 1. The summed E-state index contributed by atoms with van der Waals surface area (Å²) >= 11 is 0. The van der Waals surface area contributed by atoms with Crippen molar-refractivity contribution >= 4 is 11.9 Å². The number of nitrogens with zero attached hydrogens (tertiary/aromatic N) is 3. The summed E-state index contributed by atoms with van der Waals surface area (Å²) in [6, 6.07) is 9.91. The van der Waals surface area contributed by atoms with Crippen molar-refractivity contribution in [3.8, 4) is 5.69 Å². The van der Waals surface area contributed by atoms with Crippen molar-refractivity contribution in [1.82, 2.24) is 14.7 Å². The number of para-hydroxylation sites is 1. The van der Waals surface area contributed by atoms with Gasteiger partial charge < -0.3 is 9.64 Å². The first kappa shape index (κ1) is 19.1. The van der Waals surface area contributed by atoms with Crippen molar-refractivity contribution in [2.75, 3.05) is 19.7 Å². The predicted octanol–water partition coefficient (Wildman–Crippen LogP) is 2.83. The summed E-state index contributed by atoms with van der Waals surface area (Å²) in [5.41, 5.74) is 3.79. The van der Waals surface area contributed by atoms with E-state index in [0.29, 0.717) is 26.1 Å². The van der Waals surface area contributed by atoms with E-state index in [1.54, 1.807) is 11.8 Å². The Labute approximate surface area is 160 Å². The molecule has 0 spiro atoms. The van der Waals surface area contributed by atoms with Crippen molar-refractivity contribution in [1.29, 1.82) is 0 Å². The lowest BCUT2D eigenvalue weighted by Crippen LogP contribution is -2.43. The molecule has 1 aliphatic rings. The van der Waals surface area contributed by atoms with Crippen molar-refractivity contribution < 1.29 is 14.3 Å². The number of ether oxygens (including phenoxy) is 1. The highest BCUT2D eigenvalue weighted by Gasteiger charge is 2.30. The molecular weight excluding hydrogens is 342 g/mol. The molecule has 1 aliphatic heterocycles. The highest BCUT2D eigenvalue weighted by Crippen LogP contribution is 2.22. The average molecular weight is 369 g/mol. The number of likely N-dealkylation sites (tertiary alicyclic amines) is 1. The van der Waals surface area contributed by atoms with Gasteiger partial charge >= 0.3 is 5.97 Å². The Balaban J connectivity index is 1.73. The average Bonchev–Trinajstić information content (AvgIpc) is 2.97. The van der Waals surface area contributed by atoms with Crippen molar-refractivity contribution in [2.45, 2.75) is 40.0 Å². The van der Waals surface area contributed by atoms with E-state index in [2.05, 4.69) is 5.10 Å². The molecule has 0 N–H and O–H groups in total. The van der Waals surface area contributed by atoms with Gasteiger partial charge in [-0.25, -0.2) is 4.68 Å². The zero-order valence-corrected chi connectivity index (χ0v) is 16.3. The van der Waals surface area contributed by atoms with Gasteiger partial charge in [-0.2, -0.15) is 5.10 Å². The van der Waals surface area contributed by atoms with Crippen LogP contribution in [0, 0.1) is 19.8 Å². The fourth-order valence-electron chi connectivity index (χ4n) is 3.67. The van der Waals surface area contributed by atoms with Gasteiger partial charge in [-0.1, -0.05) is 18.2 Å². The Hall–Kier alpha value is -2.63. The predicted molar refractivity (Wildman–Crippen MR) is 103 cm³/mol. The fourth-order valence-corrected chi connectivity index (χ4v) is 3.67. The van der Waals surface area contributed by atoms with Gasteiger partial charge in [0, 0.05) is 24.3 Å². The van der Waals surface area contributed by atoms with Gasteiger partial charge in [0.2, 0.25) is 5.91 Å². The lowest BCUT2D eigenvalue weighted by molar-refractivity contribution is -0.151. The maximum absolute atomic E-state index is 12.9. The third-order valence-electron chi connectivity index (χ3n) is 5.16. The van der Waals surface area contributed by atoms with Crippen molar-refractivity contribution in [3.05, 3.63) is 47.3 Å². The largest absolute Gasteiger partial charge is 0.466 e. The van der Waals surface area contributed by atoms with Gasteiger partial charge in [0.1, 0.15) is 0 Å². The van der Waals surface area contributed by atoms with Crippen LogP contribution in [0.4, 0.5) is 0 Å². The summed E-state index contributed by atoms with van der Waals surface area (Å²) in [6.45, 7) is 7.25. The number of hydrogen-bond donors (Lipinski definition) is 0. The molecule has 0 aliphatic carbocycles. The fraction of sp³-hybridized carbons (Fsp3) is 0.476. The molecule has 2 aromatic rings. The number of carbonyl (C=O) groups is 2. The van der Waals surface area contributed by atoms with Crippen LogP contribution in [0.2, 0.25) is 0 Å². The zero-order chi connectivity index (χ0) is 19.4. The van der Waals surface area contributed by atoms with Crippen molar-refractivity contribution in [2.24, 2.45) is 5.92 Å². The minimum atomic E-state index is -0.211. The van der Waals surface area contributed by atoms with Gasteiger partial charge in [-0.05, 0) is 45.7 Å². The Morgan fingerprint density at radius 2 is 1.96 bits per heavy atom. The smallest absolute Gasteiger partial charge is 0.310 e. The molecule has 0 radical (unpaired) electrons. The monoisotopic (exact) mass is 369 g/mol. The summed E-state index contributed by atoms with van der Waals surface area (Å²) in [7, 11) is 0. The quantitative estimate of drug-likeness (QED) is 0.760. The molecule has 1 aromatic carbocycles. The second kappa shape index (κ2) is 8.37. The van der Waals surface area contributed by atoms with Gasteiger partial charge in [-0.3, -0.25) is 9.59 Å². The normalized spacial score (nSPS) is 17.0. The molecule has 1 unspecified atom stereocenters. The number of hydrogen-bond acceptors (Lipinski definition) is 4. The molecule has 6 heteroatoms. The van der Waals surface area contributed by atoms with E-state index in [4.69, 9.17) is 4.74 Å². The summed E-state index contributed by atoms with van der Waals surface area (Å²) in [5.74, 6) is -0.362. The Bertz CT molecular complexity index is 814. The van der Waals surface area contributed by atoms with E-state index in [1.165, 1.54) is 0 Å². The first-order valence-electron chi connectivity index (χ1n) is 9.56. The molecule has 1 saturated heterocycles. The number of rotatable bonds is 5. The summed E-state index contributed by atoms with van der Waals surface area (Å²) < 4.78 is 7.01. The SMILES string of the molecule is CCOC(=O)C1CCCN(C(=O)Cc2c(C)nn(-c3ccccc3)c2C)C1. The second-order valence-corrected chi connectivity index (χ2v) is 7.00. The summed E-state index contributed by atoms with van der Waals surface area (Å²) in [6.07, 6.45) is 1.92. The molecule has 144 valence electrons. The number of benzene rings is 1. The minimum Gasteiger partial charge on any atom is -0.466 e. The van der Waals surface area contributed by atoms with Crippen LogP contribution in [0.25, 0.3) is 5.69 Å². The lowest BCUT2D eigenvalue weighted by Gasteiger charge is -2.31. The number of amides is 1. The first-order valence-corrected chi connectivity index (χ1v) is 9.56. The minimum absolute atomic E-state index is 0.0443. The van der Waals surface area contributed by atoms with Crippen molar-refractivity contribution in [3.63, 3.8) is 0 Å². The van der Waals surface area contributed by atoms with Crippen LogP contribution in [0.15, 0.2) is 30.3 Å². The van der Waals surface area contributed by atoms with E-state index < -0.39 is 0 Å². The van der Waals surface area contributed by atoms with Crippen LogP contribution < -0.4 is 0 Å². The Morgan fingerprint density at radius 3 is 2.67 bits per heavy atom. The summed E-state index contributed by atoms with van der Waals surface area (Å²) in [5, 5.41) is 4.62. The number of esters is 1. The third-order valence-corrected chi connectivity index (χ3v) is 5.16. The van der Waals surface area contributed by atoms with Gasteiger partial charge in [0.05, 0.1) is 30.3 Å². The van der Waals surface area contributed by atoms with Crippen LogP contribution in [0.5, 0.6) is 0 Å². The molecule has 27 heavy (non-hydrogen) atoms. The lowest BCUT2D eigenvalue weighted by atomic mass is 9.97. The van der Waals surface area contributed by atoms with Crippen LogP contribution >= 0.6 is 0 Å². The van der Waals surface area contributed by atoms with Gasteiger partial charge in [0.25, 0.3) is 0 Å². The first-order chi connectivity index (χ1) is 13.0. The zero-order valence-electron chi connectivity index (χ0n) is 16.3. The number of carbonyl (C=O) groups excluding carboxylic acids is 2. The number of aromatic nitrogens is 2. The van der Waals surface area contributed by atoms with Crippen LogP contribution in [-0.4, -0.2) is 46.3 Å². The maximum Gasteiger partial charge on any atom is 0.310 e. The van der Waals surface area contributed by atoms with Gasteiger partial charge in [0.15, 0.2) is 0 Å². The highest BCUT2D eigenvalue weighted by atomic mass is 16.5. The van der Waals surface area contributed by atoms with Gasteiger partial charge in [-0.15, -0.1) is 0 Å². The molecule has 1 amide bonds. The molecule has 1 aromatic heterocycles. The molecule has 1 fully saturated rings. The highest BCUT2D eigenvalue weighted by molar-refractivity contribution is 5.81. The molecule has 6 nitrogen and oxygen atoms in total.